The van der Waals surface area contributed by atoms with E-state index in [1.54, 1.807) is 18.2 Å². The van der Waals surface area contributed by atoms with Crippen LogP contribution in [0.5, 0.6) is 5.75 Å². The van der Waals surface area contributed by atoms with Crippen molar-refractivity contribution < 1.29 is 23.1 Å². The van der Waals surface area contributed by atoms with E-state index < -0.39 is 22.0 Å². The van der Waals surface area contributed by atoms with Crippen LogP contribution in [0.1, 0.15) is 73.9 Å². The summed E-state index contributed by atoms with van der Waals surface area (Å²) in [5.41, 5.74) is 3.39. The number of aliphatic hydroxyl groups excluding tert-OH is 1. The van der Waals surface area contributed by atoms with Crippen LogP contribution in [0.3, 0.4) is 0 Å². The van der Waals surface area contributed by atoms with Gasteiger partial charge in [-0.05, 0) is 110 Å². The maximum atomic E-state index is 13.2. The summed E-state index contributed by atoms with van der Waals surface area (Å²) in [6.45, 7) is 5.95. The molecule has 2 aromatic rings. The molecule has 6 atom stereocenters. The molecule has 0 saturated heterocycles. The van der Waals surface area contributed by atoms with Crippen molar-refractivity contribution in [3.63, 3.8) is 0 Å². The highest BCUT2D eigenvalue weighted by molar-refractivity contribution is 7.90. The van der Waals surface area contributed by atoms with Crippen LogP contribution in [0.15, 0.2) is 36.4 Å². The highest BCUT2D eigenvalue weighted by Gasteiger charge is 2.44. The van der Waals surface area contributed by atoms with Crippen LogP contribution < -0.4 is 14.4 Å². The lowest BCUT2D eigenvalue weighted by Crippen LogP contribution is -2.49. The summed E-state index contributed by atoms with van der Waals surface area (Å²) in [6.07, 6.45) is 5.96. The Labute approximate surface area is 248 Å². The minimum Gasteiger partial charge on any atom is -0.490 e. The third-order valence-electron chi connectivity index (χ3n) is 9.93. The second-order valence-electron chi connectivity index (χ2n) is 13.3. The summed E-state index contributed by atoms with van der Waals surface area (Å²) >= 11 is 6.38. The number of benzene rings is 2. The fraction of sp³-hybridized carbons (Fsp3) is 0.594. The highest BCUT2D eigenvalue weighted by atomic mass is 35.5. The predicted octanol–water partition coefficient (Wildman–Crippen LogP) is 5.33. The number of nitrogens with zero attached hydrogens (tertiary/aromatic N) is 1. The van der Waals surface area contributed by atoms with Crippen molar-refractivity contribution in [3.8, 4) is 5.75 Å². The Morgan fingerprint density at radius 1 is 1.10 bits per heavy atom. The van der Waals surface area contributed by atoms with Crippen molar-refractivity contribution in [2.75, 3.05) is 30.3 Å². The highest BCUT2D eigenvalue weighted by Crippen LogP contribution is 2.47. The lowest BCUT2D eigenvalue weighted by molar-refractivity contribution is 0.000591. The molecule has 1 fully saturated rings. The number of anilines is 1. The van der Waals surface area contributed by atoms with E-state index in [1.807, 2.05) is 13.0 Å². The number of rotatable bonds is 0. The number of carbonyl (C=O) groups is 1. The van der Waals surface area contributed by atoms with Gasteiger partial charge in [0, 0.05) is 29.1 Å². The number of carbonyl (C=O) groups excluding carboxylic acids is 1. The van der Waals surface area contributed by atoms with E-state index in [9.17, 15) is 18.3 Å². The van der Waals surface area contributed by atoms with Gasteiger partial charge in [-0.25, -0.2) is 13.1 Å². The number of hydrogen-bond acceptors (Lipinski definition) is 6. The summed E-state index contributed by atoms with van der Waals surface area (Å²) in [6, 6.07) is 11.4. The Kier molecular flexibility index (Phi) is 7.79. The van der Waals surface area contributed by atoms with Gasteiger partial charge in [-0.3, -0.25) is 4.79 Å². The molecule has 2 N–H and O–H groups in total. The molecule has 4 aliphatic rings. The van der Waals surface area contributed by atoms with Gasteiger partial charge in [0.2, 0.25) is 10.0 Å². The third-order valence-corrected chi connectivity index (χ3v) is 11.7. The van der Waals surface area contributed by atoms with Crippen LogP contribution in [-0.2, 0) is 21.9 Å². The van der Waals surface area contributed by atoms with Gasteiger partial charge in [0.25, 0.3) is 5.91 Å². The van der Waals surface area contributed by atoms with Crippen molar-refractivity contribution in [2.45, 2.75) is 70.3 Å². The Hall–Kier alpha value is -2.29. The van der Waals surface area contributed by atoms with Crippen molar-refractivity contribution >= 4 is 33.2 Å². The van der Waals surface area contributed by atoms with E-state index in [0.29, 0.717) is 43.2 Å². The first-order valence-electron chi connectivity index (χ1n) is 15.1. The van der Waals surface area contributed by atoms with Gasteiger partial charge in [-0.15, -0.1) is 0 Å². The normalized spacial score (nSPS) is 33.4. The molecule has 41 heavy (non-hydrogen) atoms. The molecular formula is C32H41ClN2O5S. The monoisotopic (exact) mass is 600 g/mol. The predicted molar refractivity (Wildman–Crippen MR) is 161 cm³/mol. The Bertz CT molecular complexity index is 1430. The number of aryl methyl sites for hydroxylation is 1. The molecule has 2 aromatic carbocycles. The van der Waals surface area contributed by atoms with Crippen LogP contribution in [0, 0.1) is 23.7 Å². The quantitative estimate of drug-likeness (QED) is 0.425. The van der Waals surface area contributed by atoms with Crippen LogP contribution in [0.25, 0.3) is 0 Å². The standard InChI is InChI=1S/C32H41ClN2O5S/c1-20-12-21(2)17-41(38,39)34-31(37)23-6-10-30-28(15-23)35(16-24-5-8-26(24)29(36)13-20)18-32(19-40-30)11-3-4-22-14-25(33)7-9-27(22)32/h6-7,9-10,14-15,20-21,24,26,29,36H,3-5,8,11-13,16-19H2,1-2H3,(H,34,37)/t20-,21?,24+,26-,29-,32+/m1/s1. The minimum atomic E-state index is -3.82. The molecule has 1 unspecified atom stereocenters. The maximum absolute atomic E-state index is 13.2. The molecule has 1 spiro atoms. The first kappa shape index (κ1) is 28.8. The number of nitrogens with one attached hydrogen (secondary N) is 1. The number of fused-ring (bicyclic) bond motifs is 4. The molecule has 1 amide bonds. The maximum Gasteiger partial charge on any atom is 0.264 e. The second kappa shape index (κ2) is 11.1. The SMILES string of the molecule is CC1C[C@@H](C)C[C@@H](O)[C@@H]2CC[C@H]2CN2C[C@@]3(CCCc4cc(Cl)ccc43)COc3ccc(cc32)C(=O)NS(=O)(=O)C1. The van der Waals surface area contributed by atoms with Crippen molar-refractivity contribution in [3.05, 3.63) is 58.1 Å². The molecule has 2 bridgehead atoms. The second-order valence-corrected chi connectivity index (χ2v) is 15.5. The molecule has 6 rings (SSSR count). The number of hydrogen-bond donors (Lipinski definition) is 2. The lowest BCUT2D eigenvalue weighted by Gasteiger charge is -2.46. The molecule has 0 radical (unpaired) electrons. The molecule has 0 aromatic heterocycles. The molecule has 2 heterocycles. The van der Waals surface area contributed by atoms with Crippen LogP contribution in [0.4, 0.5) is 5.69 Å². The Morgan fingerprint density at radius 3 is 2.71 bits per heavy atom. The van der Waals surface area contributed by atoms with E-state index in [4.69, 9.17) is 16.3 Å². The van der Waals surface area contributed by atoms with E-state index in [2.05, 4.69) is 28.7 Å². The zero-order valence-electron chi connectivity index (χ0n) is 23.9. The summed E-state index contributed by atoms with van der Waals surface area (Å²) in [5.74, 6) is 0.536. The average molecular weight is 601 g/mol. The van der Waals surface area contributed by atoms with Gasteiger partial charge in [-0.1, -0.05) is 31.5 Å². The van der Waals surface area contributed by atoms with Gasteiger partial charge in [-0.2, -0.15) is 0 Å². The summed E-state index contributed by atoms with van der Waals surface area (Å²) < 4.78 is 34.7. The number of sulfonamides is 1. The fourth-order valence-electron chi connectivity index (χ4n) is 7.92. The van der Waals surface area contributed by atoms with Gasteiger partial charge in [0.1, 0.15) is 5.75 Å². The van der Waals surface area contributed by atoms with E-state index >= 15 is 0 Å². The molecule has 222 valence electrons. The van der Waals surface area contributed by atoms with Gasteiger partial charge < -0.3 is 14.7 Å². The van der Waals surface area contributed by atoms with Crippen LogP contribution in [-0.4, -0.2) is 51.0 Å². The summed E-state index contributed by atoms with van der Waals surface area (Å²) in [5, 5.41) is 12.0. The fourth-order valence-corrected chi connectivity index (χ4v) is 9.48. The largest absolute Gasteiger partial charge is 0.490 e. The topological polar surface area (TPSA) is 95.9 Å². The number of aliphatic hydroxyl groups is 1. The first-order chi connectivity index (χ1) is 19.5. The smallest absolute Gasteiger partial charge is 0.264 e. The molecule has 7 nitrogen and oxygen atoms in total. The summed E-state index contributed by atoms with van der Waals surface area (Å²) in [4.78, 5) is 15.6. The Balaban J connectivity index is 1.41. The summed E-state index contributed by atoms with van der Waals surface area (Å²) in [7, 11) is -3.82. The van der Waals surface area contributed by atoms with Gasteiger partial charge in [0.05, 0.1) is 24.2 Å². The van der Waals surface area contributed by atoms with Crippen molar-refractivity contribution in [2.24, 2.45) is 23.7 Å². The molecular weight excluding hydrogens is 560 g/mol. The number of ether oxygens (including phenoxy) is 1. The molecule has 1 saturated carbocycles. The van der Waals surface area contributed by atoms with Crippen LogP contribution >= 0.6 is 11.6 Å². The zero-order valence-corrected chi connectivity index (χ0v) is 25.5. The first-order valence-corrected chi connectivity index (χ1v) is 17.1. The van der Waals surface area contributed by atoms with Gasteiger partial charge in [0.15, 0.2) is 0 Å². The zero-order chi connectivity index (χ0) is 28.9. The minimum absolute atomic E-state index is 0.128. The average Bonchev–Trinajstić information content (AvgIpc) is 3.02. The molecule has 2 aliphatic carbocycles. The third kappa shape index (κ3) is 5.84. The van der Waals surface area contributed by atoms with E-state index in [1.165, 1.54) is 11.1 Å². The van der Waals surface area contributed by atoms with Crippen molar-refractivity contribution in [1.82, 2.24) is 4.72 Å². The Morgan fingerprint density at radius 2 is 1.93 bits per heavy atom. The van der Waals surface area contributed by atoms with Crippen LogP contribution in [0.2, 0.25) is 5.02 Å². The van der Waals surface area contributed by atoms with E-state index in [-0.39, 0.29) is 28.9 Å². The van der Waals surface area contributed by atoms with Gasteiger partial charge >= 0.3 is 0 Å². The molecule has 9 heteroatoms. The number of halogens is 1. The lowest BCUT2D eigenvalue weighted by atomic mass is 9.67. The van der Waals surface area contributed by atoms with E-state index in [0.717, 1.165) is 49.4 Å². The number of amides is 1. The molecule has 2 aliphatic heterocycles. The van der Waals surface area contributed by atoms with Crippen molar-refractivity contribution in [1.29, 1.82) is 0 Å².